The molecule has 1 aromatic rings. The number of ether oxygens (including phenoxy) is 2. The maximum Gasteiger partial charge on any atom is 0.242 e. The summed E-state index contributed by atoms with van der Waals surface area (Å²) in [5.74, 6) is 0.458. The monoisotopic (exact) mass is 255 g/mol. The van der Waals surface area contributed by atoms with Crippen LogP contribution in [0, 0.1) is 0 Å². The van der Waals surface area contributed by atoms with Crippen LogP contribution in [-0.4, -0.2) is 49.8 Å². The van der Waals surface area contributed by atoms with Gasteiger partial charge in [-0.25, -0.2) is 4.98 Å². The number of rotatable bonds is 7. The highest BCUT2D eigenvalue weighted by Gasteiger charge is 2.09. The molecule has 1 aromatic heterocycles. The van der Waals surface area contributed by atoms with Crippen LogP contribution in [-0.2, 0) is 9.53 Å². The highest BCUT2D eigenvalue weighted by atomic mass is 16.5. The van der Waals surface area contributed by atoms with E-state index < -0.39 is 0 Å². The minimum absolute atomic E-state index is 0.0636. The van der Waals surface area contributed by atoms with Crippen LogP contribution in [0.25, 0.3) is 0 Å². The summed E-state index contributed by atoms with van der Waals surface area (Å²) < 4.78 is 9.75. The molecule has 0 spiro atoms. The topological polar surface area (TPSA) is 111 Å². The zero-order valence-corrected chi connectivity index (χ0v) is 10.4. The van der Waals surface area contributed by atoms with Gasteiger partial charge in [0.15, 0.2) is 5.82 Å². The van der Waals surface area contributed by atoms with Crippen molar-refractivity contribution in [2.24, 2.45) is 0 Å². The summed E-state index contributed by atoms with van der Waals surface area (Å²) >= 11 is 0. The summed E-state index contributed by atoms with van der Waals surface area (Å²) in [5.41, 5.74) is 6.01. The molecule has 0 bridgehead atoms. The summed E-state index contributed by atoms with van der Waals surface area (Å²) in [6.07, 6.45) is 1.31. The first-order valence-electron chi connectivity index (χ1n) is 5.33. The third-order valence-corrected chi connectivity index (χ3v) is 2.09. The number of amides is 1. The zero-order chi connectivity index (χ0) is 13.4. The van der Waals surface area contributed by atoms with Crippen molar-refractivity contribution in [3.63, 3.8) is 0 Å². The standard InChI is InChI=1S/C10H17N5O3/c1-17-4-3-12-7(16)5-13-9-8(11)10(18-2)15-6-14-9/h6H,3-5,11H2,1-2H3,(H,12,16)(H,13,14,15). The maximum absolute atomic E-state index is 11.4. The van der Waals surface area contributed by atoms with Gasteiger partial charge < -0.3 is 25.8 Å². The van der Waals surface area contributed by atoms with Gasteiger partial charge in [-0.05, 0) is 0 Å². The molecular formula is C10H17N5O3. The lowest BCUT2D eigenvalue weighted by Gasteiger charge is -2.10. The quantitative estimate of drug-likeness (QED) is 0.549. The number of methoxy groups -OCH3 is 2. The molecule has 1 heterocycles. The van der Waals surface area contributed by atoms with E-state index in [1.807, 2.05) is 0 Å². The average Bonchev–Trinajstić information content (AvgIpc) is 2.38. The van der Waals surface area contributed by atoms with E-state index in [2.05, 4.69) is 20.6 Å². The minimum atomic E-state index is -0.177. The Morgan fingerprint density at radius 3 is 2.89 bits per heavy atom. The van der Waals surface area contributed by atoms with E-state index in [4.69, 9.17) is 15.2 Å². The Kier molecular flexibility index (Phi) is 5.65. The Labute approximate surface area is 105 Å². The molecule has 0 aliphatic rings. The normalized spacial score (nSPS) is 9.89. The van der Waals surface area contributed by atoms with Crippen molar-refractivity contribution < 1.29 is 14.3 Å². The fraction of sp³-hybridized carbons (Fsp3) is 0.500. The second kappa shape index (κ2) is 7.28. The molecule has 0 saturated heterocycles. The lowest BCUT2D eigenvalue weighted by molar-refractivity contribution is -0.119. The van der Waals surface area contributed by atoms with Gasteiger partial charge in [0, 0.05) is 13.7 Å². The fourth-order valence-corrected chi connectivity index (χ4v) is 1.20. The van der Waals surface area contributed by atoms with E-state index in [0.29, 0.717) is 19.0 Å². The van der Waals surface area contributed by atoms with E-state index in [1.165, 1.54) is 13.4 Å². The van der Waals surface area contributed by atoms with Crippen molar-refractivity contribution in [3.05, 3.63) is 6.33 Å². The molecule has 8 nitrogen and oxygen atoms in total. The van der Waals surface area contributed by atoms with Crippen LogP contribution in [0.15, 0.2) is 6.33 Å². The Balaban J connectivity index is 2.46. The summed E-state index contributed by atoms with van der Waals surface area (Å²) in [7, 11) is 3.03. The van der Waals surface area contributed by atoms with Gasteiger partial charge in [0.05, 0.1) is 20.3 Å². The van der Waals surface area contributed by atoms with Gasteiger partial charge in [0.2, 0.25) is 11.8 Å². The number of carbonyl (C=O) groups is 1. The molecule has 0 saturated carbocycles. The molecule has 0 fully saturated rings. The van der Waals surface area contributed by atoms with Crippen molar-refractivity contribution in [1.82, 2.24) is 15.3 Å². The fourth-order valence-electron chi connectivity index (χ4n) is 1.20. The van der Waals surface area contributed by atoms with Crippen molar-refractivity contribution in [3.8, 4) is 5.88 Å². The van der Waals surface area contributed by atoms with Crippen LogP contribution in [0.4, 0.5) is 11.5 Å². The van der Waals surface area contributed by atoms with Crippen LogP contribution in [0.1, 0.15) is 0 Å². The van der Waals surface area contributed by atoms with Crippen molar-refractivity contribution in [1.29, 1.82) is 0 Å². The molecular weight excluding hydrogens is 238 g/mol. The molecule has 1 amide bonds. The molecule has 100 valence electrons. The lowest BCUT2D eigenvalue weighted by Crippen LogP contribution is -2.32. The van der Waals surface area contributed by atoms with Gasteiger partial charge in [0.1, 0.15) is 12.0 Å². The Hall–Kier alpha value is -2.09. The number of hydrogen-bond donors (Lipinski definition) is 3. The largest absolute Gasteiger partial charge is 0.479 e. The van der Waals surface area contributed by atoms with E-state index in [1.54, 1.807) is 7.11 Å². The molecule has 8 heteroatoms. The van der Waals surface area contributed by atoms with Crippen LogP contribution in [0.2, 0.25) is 0 Å². The second-order valence-electron chi connectivity index (χ2n) is 3.34. The molecule has 4 N–H and O–H groups in total. The van der Waals surface area contributed by atoms with Crippen molar-refractivity contribution >= 4 is 17.4 Å². The number of anilines is 2. The van der Waals surface area contributed by atoms with Crippen LogP contribution < -0.4 is 21.1 Å². The molecule has 0 aliphatic carbocycles. The van der Waals surface area contributed by atoms with E-state index in [-0.39, 0.29) is 24.0 Å². The molecule has 0 atom stereocenters. The Morgan fingerprint density at radius 1 is 1.44 bits per heavy atom. The van der Waals surface area contributed by atoms with Gasteiger partial charge in [0.25, 0.3) is 0 Å². The zero-order valence-electron chi connectivity index (χ0n) is 10.4. The SMILES string of the molecule is COCCNC(=O)CNc1ncnc(OC)c1N. The maximum atomic E-state index is 11.4. The lowest BCUT2D eigenvalue weighted by atomic mass is 10.4. The highest BCUT2D eigenvalue weighted by Crippen LogP contribution is 2.23. The van der Waals surface area contributed by atoms with Gasteiger partial charge in [-0.15, -0.1) is 0 Å². The number of carbonyl (C=O) groups excluding carboxylic acids is 1. The van der Waals surface area contributed by atoms with Gasteiger partial charge in [-0.2, -0.15) is 4.98 Å². The smallest absolute Gasteiger partial charge is 0.242 e. The first kappa shape index (κ1) is 14.0. The Morgan fingerprint density at radius 2 is 2.22 bits per heavy atom. The predicted molar refractivity (Wildman–Crippen MR) is 66.4 cm³/mol. The number of hydrogen-bond acceptors (Lipinski definition) is 7. The van der Waals surface area contributed by atoms with Crippen LogP contribution >= 0.6 is 0 Å². The predicted octanol–water partition coefficient (Wildman–Crippen LogP) is -0.758. The third-order valence-electron chi connectivity index (χ3n) is 2.09. The number of aromatic nitrogens is 2. The molecule has 18 heavy (non-hydrogen) atoms. The highest BCUT2D eigenvalue weighted by molar-refractivity contribution is 5.81. The minimum Gasteiger partial charge on any atom is -0.479 e. The summed E-state index contributed by atoms with van der Waals surface area (Å²) in [6.45, 7) is 0.989. The van der Waals surface area contributed by atoms with Gasteiger partial charge in [-0.3, -0.25) is 4.79 Å². The summed E-state index contributed by atoms with van der Waals surface area (Å²) in [4.78, 5) is 19.2. The van der Waals surface area contributed by atoms with E-state index in [9.17, 15) is 4.79 Å². The molecule has 1 rings (SSSR count). The van der Waals surface area contributed by atoms with E-state index >= 15 is 0 Å². The van der Waals surface area contributed by atoms with Crippen molar-refractivity contribution in [2.45, 2.75) is 0 Å². The first-order chi connectivity index (χ1) is 8.69. The molecule has 0 radical (unpaired) electrons. The first-order valence-corrected chi connectivity index (χ1v) is 5.33. The van der Waals surface area contributed by atoms with E-state index in [0.717, 1.165) is 0 Å². The number of nitrogens with zero attached hydrogens (tertiary/aromatic N) is 2. The second-order valence-corrected chi connectivity index (χ2v) is 3.34. The van der Waals surface area contributed by atoms with Crippen LogP contribution in [0.3, 0.4) is 0 Å². The molecule has 0 aliphatic heterocycles. The molecule has 0 unspecified atom stereocenters. The summed E-state index contributed by atoms with van der Waals surface area (Å²) in [6, 6.07) is 0. The van der Waals surface area contributed by atoms with Crippen LogP contribution in [0.5, 0.6) is 5.88 Å². The number of nitrogens with one attached hydrogen (secondary N) is 2. The third kappa shape index (κ3) is 4.06. The van der Waals surface area contributed by atoms with Gasteiger partial charge in [-0.1, -0.05) is 0 Å². The Bertz CT molecular complexity index is 399. The van der Waals surface area contributed by atoms with Crippen molar-refractivity contribution in [2.75, 3.05) is 45.0 Å². The molecule has 0 aromatic carbocycles. The number of nitrogens with two attached hydrogens (primary N) is 1. The van der Waals surface area contributed by atoms with Gasteiger partial charge >= 0.3 is 0 Å². The average molecular weight is 255 g/mol. The number of nitrogen functional groups attached to an aromatic ring is 1. The summed E-state index contributed by atoms with van der Waals surface area (Å²) in [5, 5.41) is 5.47.